The molecule has 0 radical (unpaired) electrons. The Morgan fingerprint density at radius 1 is 1.03 bits per heavy atom. The molecule has 0 atom stereocenters. The molecule has 1 aliphatic rings. The van der Waals surface area contributed by atoms with Crippen LogP contribution in [0.15, 0.2) is 85.2 Å². The van der Waals surface area contributed by atoms with E-state index in [1.165, 1.54) is 5.56 Å². The summed E-state index contributed by atoms with van der Waals surface area (Å²) in [5, 5.41) is 3.11. The first kappa shape index (κ1) is 18.4. The average Bonchev–Trinajstić information content (AvgIpc) is 3.48. The Hall–Kier alpha value is -3.60. The van der Waals surface area contributed by atoms with E-state index in [1.54, 1.807) is 6.07 Å². The smallest absolute Gasteiger partial charge is 0.251 e. The Labute approximate surface area is 175 Å². The molecule has 0 bridgehead atoms. The van der Waals surface area contributed by atoms with Crippen molar-refractivity contribution in [3.63, 3.8) is 0 Å². The zero-order chi connectivity index (χ0) is 20.4. The van der Waals surface area contributed by atoms with Gasteiger partial charge in [0.15, 0.2) is 0 Å². The molecule has 2 aromatic carbocycles. The van der Waals surface area contributed by atoms with Crippen molar-refractivity contribution in [3.8, 4) is 5.75 Å². The Bertz CT molecular complexity index is 1150. The quantitative estimate of drug-likeness (QED) is 0.504. The number of imidazole rings is 1. The first-order valence-electron chi connectivity index (χ1n) is 10.2. The van der Waals surface area contributed by atoms with Crippen molar-refractivity contribution in [1.29, 1.82) is 0 Å². The molecule has 5 nitrogen and oxygen atoms in total. The van der Waals surface area contributed by atoms with Gasteiger partial charge in [0.05, 0.1) is 5.69 Å². The molecular weight excluding hydrogens is 374 g/mol. The molecule has 2 aromatic heterocycles. The number of carbonyl (C=O) groups excluding carboxylic acids is 1. The van der Waals surface area contributed by atoms with E-state index in [0.29, 0.717) is 24.5 Å². The molecule has 1 fully saturated rings. The van der Waals surface area contributed by atoms with Crippen LogP contribution in [0.1, 0.15) is 34.5 Å². The standard InChI is InChI=1S/C25H23N3O2/c29-24(26-18-25(12-13-25)20-8-2-1-3-9-20)19-7-6-10-22(15-19)30-17-21-16-28-14-5-4-11-23(28)27-21/h1-11,14-16H,12-13,17-18H2,(H,26,29). The maximum absolute atomic E-state index is 12.7. The van der Waals surface area contributed by atoms with Crippen LogP contribution < -0.4 is 10.1 Å². The maximum atomic E-state index is 12.7. The Balaban J connectivity index is 1.21. The predicted octanol–water partition coefficient (Wildman–Crippen LogP) is 4.37. The molecule has 1 aliphatic carbocycles. The van der Waals surface area contributed by atoms with E-state index in [0.717, 1.165) is 24.2 Å². The second-order valence-corrected chi connectivity index (χ2v) is 7.84. The molecule has 0 spiro atoms. The van der Waals surface area contributed by atoms with E-state index < -0.39 is 0 Å². The van der Waals surface area contributed by atoms with Gasteiger partial charge in [-0.15, -0.1) is 0 Å². The van der Waals surface area contributed by atoms with E-state index in [9.17, 15) is 4.79 Å². The highest BCUT2D eigenvalue weighted by molar-refractivity contribution is 5.94. The lowest BCUT2D eigenvalue weighted by molar-refractivity contribution is 0.0949. The van der Waals surface area contributed by atoms with Gasteiger partial charge in [0.1, 0.15) is 18.0 Å². The van der Waals surface area contributed by atoms with Crippen LogP contribution in [0.2, 0.25) is 0 Å². The summed E-state index contributed by atoms with van der Waals surface area (Å²) in [5.74, 6) is 0.583. The number of nitrogens with zero attached hydrogens (tertiary/aromatic N) is 2. The van der Waals surface area contributed by atoms with Crippen molar-refractivity contribution in [2.45, 2.75) is 24.9 Å². The summed E-state index contributed by atoms with van der Waals surface area (Å²) >= 11 is 0. The molecule has 30 heavy (non-hydrogen) atoms. The zero-order valence-electron chi connectivity index (χ0n) is 16.6. The molecule has 0 aliphatic heterocycles. The number of ether oxygens (including phenoxy) is 1. The highest BCUT2D eigenvalue weighted by Crippen LogP contribution is 2.47. The van der Waals surface area contributed by atoms with Crippen LogP contribution in [0.5, 0.6) is 5.75 Å². The summed E-state index contributed by atoms with van der Waals surface area (Å²) in [5.41, 5.74) is 3.72. The molecule has 1 amide bonds. The zero-order valence-corrected chi connectivity index (χ0v) is 16.6. The average molecular weight is 397 g/mol. The van der Waals surface area contributed by atoms with E-state index in [4.69, 9.17) is 4.74 Å². The summed E-state index contributed by atoms with van der Waals surface area (Å²) in [6, 6.07) is 23.6. The molecule has 0 unspecified atom stereocenters. The number of pyridine rings is 1. The monoisotopic (exact) mass is 397 g/mol. The number of amides is 1. The summed E-state index contributed by atoms with van der Waals surface area (Å²) < 4.78 is 7.85. The molecule has 5 heteroatoms. The Morgan fingerprint density at radius 3 is 2.67 bits per heavy atom. The number of hydrogen-bond donors (Lipinski definition) is 1. The third-order valence-electron chi connectivity index (χ3n) is 5.72. The van der Waals surface area contributed by atoms with Gasteiger partial charge in [-0.05, 0) is 48.7 Å². The summed E-state index contributed by atoms with van der Waals surface area (Å²) in [7, 11) is 0. The third kappa shape index (κ3) is 3.79. The first-order valence-corrected chi connectivity index (χ1v) is 10.2. The van der Waals surface area contributed by atoms with Gasteiger partial charge in [-0.1, -0.05) is 42.5 Å². The molecule has 5 rings (SSSR count). The van der Waals surface area contributed by atoms with Gasteiger partial charge in [0.25, 0.3) is 5.91 Å². The van der Waals surface area contributed by atoms with Crippen molar-refractivity contribution in [3.05, 3.63) is 102 Å². The largest absolute Gasteiger partial charge is 0.487 e. The van der Waals surface area contributed by atoms with Crippen LogP contribution in [0.25, 0.3) is 5.65 Å². The van der Waals surface area contributed by atoms with Crippen LogP contribution in [-0.4, -0.2) is 21.8 Å². The fourth-order valence-corrected chi connectivity index (χ4v) is 3.80. The van der Waals surface area contributed by atoms with Crippen LogP contribution in [0.4, 0.5) is 0 Å². The number of rotatable bonds is 7. The number of carbonyl (C=O) groups is 1. The lowest BCUT2D eigenvalue weighted by Crippen LogP contribution is -2.32. The summed E-state index contributed by atoms with van der Waals surface area (Å²) in [6.45, 7) is 1.01. The summed E-state index contributed by atoms with van der Waals surface area (Å²) in [6.07, 6.45) is 6.13. The predicted molar refractivity (Wildman–Crippen MR) is 116 cm³/mol. The van der Waals surface area contributed by atoms with Gasteiger partial charge in [-0.25, -0.2) is 4.98 Å². The van der Waals surface area contributed by atoms with Crippen molar-refractivity contribution in [2.24, 2.45) is 0 Å². The van der Waals surface area contributed by atoms with Crippen molar-refractivity contribution < 1.29 is 9.53 Å². The molecule has 1 saturated carbocycles. The van der Waals surface area contributed by atoms with E-state index in [1.807, 2.05) is 59.3 Å². The normalized spacial score (nSPS) is 14.4. The second-order valence-electron chi connectivity index (χ2n) is 7.84. The Kier molecular flexibility index (Phi) is 4.71. The topological polar surface area (TPSA) is 55.6 Å². The van der Waals surface area contributed by atoms with Crippen molar-refractivity contribution >= 4 is 11.6 Å². The molecule has 1 N–H and O–H groups in total. The number of benzene rings is 2. The van der Waals surface area contributed by atoms with Gasteiger partial charge < -0.3 is 14.5 Å². The van der Waals surface area contributed by atoms with Gasteiger partial charge in [0, 0.05) is 29.9 Å². The van der Waals surface area contributed by atoms with Crippen molar-refractivity contribution in [1.82, 2.24) is 14.7 Å². The minimum atomic E-state index is -0.0737. The number of fused-ring (bicyclic) bond motifs is 1. The van der Waals surface area contributed by atoms with E-state index in [2.05, 4.69) is 34.6 Å². The summed E-state index contributed by atoms with van der Waals surface area (Å²) in [4.78, 5) is 17.2. The minimum Gasteiger partial charge on any atom is -0.487 e. The second kappa shape index (κ2) is 7.67. The lowest BCUT2D eigenvalue weighted by atomic mass is 9.96. The third-order valence-corrected chi connectivity index (χ3v) is 5.72. The van der Waals surface area contributed by atoms with Gasteiger partial charge in [-0.3, -0.25) is 4.79 Å². The molecular formula is C25H23N3O2. The number of aromatic nitrogens is 2. The van der Waals surface area contributed by atoms with Crippen LogP contribution in [-0.2, 0) is 12.0 Å². The van der Waals surface area contributed by atoms with Crippen LogP contribution in [0.3, 0.4) is 0 Å². The number of nitrogens with one attached hydrogen (secondary N) is 1. The van der Waals surface area contributed by atoms with Gasteiger partial charge in [0.2, 0.25) is 0 Å². The van der Waals surface area contributed by atoms with E-state index in [-0.39, 0.29) is 11.3 Å². The maximum Gasteiger partial charge on any atom is 0.251 e. The highest BCUT2D eigenvalue weighted by atomic mass is 16.5. The lowest BCUT2D eigenvalue weighted by Gasteiger charge is -2.16. The molecule has 4 aromatic rings. The fourth-order valence-electron chi connectivity index (χ4n) is 3.80. The molecule has 0 saturated heterocycles. The van der Waals surface area contributed by atoms with E-state index >= 15 is 0 Å². The van der Waals surface area contributed by atoms with Gasteiger partial charge in [-0.2, -0.15) is 0 Å². The molecule has 150 valence electrons. The molecule has 2 heterocycles. The minimum absolute atomic E-state index is 0.0737. The highest BCUT2D eigenvalue weighted by Gasteiger charge is 2.44. The first-order chi connectivity index (χ1) is 14.7. The Morgan fingerprint density at radius 2 is 1.87 bits per heavy atom. The van der Waals surface area contributed by atoms with Crippen LogP contribution >= 0.6 is 0 Å². The SMILES string of the molecule is O=C(NCC1(c2ccccc2)CC1)c1cccc(OCc2cn3ccccc3n2)c1. The van der Waals surface area contributed by atoms with Crippen LogP contribution in [0, 0.1) is 0 Å². The fraction of sp³-hybridized carbons (Fsp3) is 0.200. The number of hydrogen-bond acceptors (Lipinski definition) is 3. The van der Waals surface area contributed by atoms with Crippen molar-refractivity contribution in [2.75, 3.05) is 6.54 Å². The van der Waals surface area contributed by atoms with Gasteiger partial charge >= 0.3 is 0 Å².